The molecular formula is C25H27N3O7. The normalized spacial score (nSPS) is 18.0. The van der Waals surface area contributed by atoms with Crippen molar-refractivity contribution in [3.63, 3.8) is 0 Å². The van der Waals surface area contributed by atoms with Crippen molar-refractivity contribution >= 4 is 23.9 Å². The van der Waals surface area contributed by atoms with Crippen LogP contribution in [0.15, 0.2) is 48.5 Å². The maximum Gasteiger partial charge on any atom is 0.407 e. The van der Waals surface area contributed by atoms with Crippen LogP contribution in [0, 0.1) is 0 Å². The Morgan fingerprint density at radius 1 is 1.09 bits per heavy atom. The highest BCUT2D eigenvalue weighted by Crippen LogP contribution is 2.44. The molecular weight excluding hydrogens is 454 g/mol. The number of piperazine rings is 1. The third-order valence-electron chi connectivity index (χ3n) is 6.39. The Balaban J connectivity index is 1.45. The molecule has 0 saturated carbocycles. The highest BCUT2D eigenvalue weighted by Gasteiger charge is 2.41. The van der Waals surface area contributed by atoms with Crippen molar-refractivity contribution in [2.45, 2.75) is 18.0 Å². The van der Waals surface area contributed by atoms with Crippen molar-refractivity contribution in [2.75, 3.05) is 40.5 Å². The molecule has 2 aromatic carbocycles. The summed E-state index contributed by atoms with van der Waals surface area (Å²) < 4.78 is 10.6. The Morgan fingerprint density at radius 2 is 1.69 bits per heavy atom. The average molecular weight is 482 g/mol. The summed E-state index contributed by atoms with van der Waals surface area (Å²) >= 11 is 0. The Bertz CT molecular complexity index is 1110. The number of methoxy groups -OCH3 is 1. The molecule has 2 aliphatic rings. The van der Waals surface area contributed by atoms with Gasteiger partial charge in [-0.1, -0.05) is 48.5 Å². The van der Waals surface area contributed by atoms with E-state index in [1.54, 1.807) is 0 Å². The summed E-state index contributed by atoms with van der Waals surface area (Å²) in [6.45, 7) is -0.710. The number of aliphatic carboxylic acids is 1. The smallest absolute Gasteiger partial charge is 0.407 e. The Hall–Kier alpha value is -3.92. The van der Waals surface area contributed by atoms with E-state index in [0.29, 0.717) is 0 Å². The van der Waals surface area contributed by atoms with Gasteiger partial charge in [-0.2, -0.15) is 0 Å². The van der Waals surface area contributed by atoms with Gasteiger partial charge in [0.1, 0.15) is 25.2 Å². The first kappa shape index (κ1) is 24.2. The Labute approximate surface area is 202 Å². The molecule has 0 radical (unpaired) electrons. The van der Waals surface area contributed by atoms with Crippen molar-refractivity contribution in [1.29, 1.82) is 0 Å². The number of ether oxygens (including phenoxy) is 2. The molecule has 2 N–H and O–H groups in total. The lowest BCUT2D eigenvalue weighted by molar-refractivity contribution is -0.160. The molecule has 1 saturated heterocycles. The van der Waals surface area contributed by atoms with Crippen LogP contribution < -0.4 is 5.32 Å². The molecule has 10 nitrogen and oxygen atoms in total. The number of carboxylic acid groups (broad SMARTS) is 1. The van der Waals surface area contributed by atoms with Gasteiger partial charge in [0.05, 0.1) is 13.2 Å². The van der Waals surface area contributed by atoms with E-state index in [1.165, 1.54) is 19.1 Å². The lowest BCUT2D eigenvalue weighted by Gasteiger charge is -2.38. The fraction of sp³-hybridized carbons (Fsp3) is 0.360. The molecule has 2 aromatic rings. The number of alkyl carbamates (subject to hydrolysis) is 1. The predicted molar refractivity (Wildman–Crippen MR) is 125 cm³/mol. The van der Waals surface area contributed by atoms with Gasteiger partial charge in [-0.15, -0.1) is 0 Å². The van der Waals surface area contributed by atoms with Crippen molar-refractivity contribution in [3.8, 4) is 11.1 Å². The van der Waals surface area contributed by atoms with Gasteiger partial charge in [-0.05, 0) is 22.3 Å². The number of nitrogens with one attached hydrogen (secondary N) is 1. The van der Waals surface area contributed by atoms with Gasteiger partial charge >= 0.3 is 12.1 Å². The van der Waals surface area contributed by atoms with E-state index in [4.69, 9.17) is 9.47 Å². The zero-order valence-electron chi connectivity index (χ0n) is 19.5. The number of likely N-dealkylation sites (N-methyl/N-ethyl adjacent to an activating group) is 1. The van der Waals surface area contributed by atoms with Crippen LogP contribution in [-0.4, -0.2) is 91.3 Å². The van der Waals surface area contributed by atoms with E-state index in [0.717, 1.165) is 27.2 Å². The minimum atomic E-state index is -1.24. The number of carbonyl (C=O) groups excluding carboxylic acids is 3. The number of carbonyl (C=O) groups is 4. The van der Waals surface area contributed by atoms with Crippen molar-refractivity contribution in [2.24, 2.45) is 0 Å². The first-order chi connectivity index (χ1) is 16.8. The van der Waals surface area contributed by atoms with Gasteiger partial charge in [-0.25, -0.2) is 9.59 Å². The van der Waals surface area contributed by atoms with Gasteiger partial charge < -0.3 is 29.7 Å². The zero-order chi connectivity index (χ0) is 25.1. The predicted octanol–water partition coefficient (Wildman–Crippen LogP) is 1.29. The molecule has 4 rings (SSSR count). The summed E-state index contributed by atoms with van der Waals surface area (Å²) in [5, 5.41) is 12.0. The summed E-state index contributed by atoms with van der Waals surface area (Å²) in [6, 6.07) is 13.4. The first-order valence-corrected chi connectivity index (χ1v) is 11.2. The molecule has 35 heavy (non-hydrogen) atoms. The number of carboxylic acids is 1. The highest BCUT2D eigenvalue weighted by molar-refractivity contribution is 5.94. The molecule has 0 bridgehead atoms. The van der Waals surface area contributed by atoms with Crippen LogP contribution >= 0.6 is 0 Å². The number of nitrogens with zero attached hydrogens (tertiary/aromatic N) is 2. The molecule has 1 fully saturated rings. The van der Waals surface area contributed by atoms with Gasteiger partial charge in [-0.3, -0.25) is 9.59 Å². The lowest BCUT2D eigenvalue weighted by atomic mass is 9.98. The minimum Gasteiger partial charge on any atom is -0.480 e. The Kier molecular flexibility index (Phi) is 7.02. The van der Waals surface area contributed by atoms with E-state index in [2.05, 4.69) is 5.32 Å². The van der Waals surface area contributed by atoms with E-state index in [1.807, 2.05) is 48.5 Å². The number of fused-ring (bicyclic) bond motifs is 3. The second-order valence-electron chi connectivity index (χ2n) is 8.57. The summed E-state index contributed by atoms with van der Waals surface area (Å²) in [4.78, 5) is 51.8. The molecule has 10 heteroatoms. The third-order valence-corrected chi connectivity index (χ3v) is 6.39. The number of hydrogen-bond acceptors (Lipinski definition) is 6. The maximum atomic E-state index is 13.1. The van der Waals surface area contributed by atoms with Gasteiger partial charge in [0.2, 0.25) is 11.8 Å². The van der Waals surface area contributed by atoms with Gasteiger partial charge in [0, 0.05) is 20.1 Å². The molecule has 184 valence electrons. The SMILES string of the molecule is COCC(NC(=O)OCC1c2ccccc2-c2ccccc21)C(=O)N1CC(=O)N(C)CC1C(=O)O. The molecule has 0 spiro atoms. The minimum absolute atomic E-state index is 0.0541. The zero-order valence-corrected chi connectivity index (χ0v) is 19.5. The van der Waals surface area contributed by atoms with Crippen LogP contribution in [0.1, 0.15) is 17.0 Å². The quantitative estimate of drug-likeness (QED) is 0.611. The highest BCUT2D eigenvalue weighted by atomic mass is 16.5. The summed E-state index contributed by atoms with van der Waals surface area (Å²) in [7, 11) is 2.82. The standard InChI is InChI=1S/C25H27N3O7/c1-27-11-21(24(31)32)28(12-22(27)29)23(30)20(14-34-2)26-25(33)35-13-19-17-9-5-3-7-15(17)16-8-4-6-10-18(16)19/h3-10,19-21H,11-14H2,1-2H3,(H,26,33)(H,31,32). The lowest BCUT2D eigenvalue weighted by Crippen LogP contribution is -2.63. The van der Waals surface area contributed by atoms with Crippen molar-refractivity contribution in [1.82, 2.24) is 15.1 Å². The molecule has 2 unspecified atom stereocenters. The number of rotatable bonds is 7. The van der Waals surface area contributed by atoms with Crippen LogP contribution in [0.4, 0.5) is 4.79 Å². The molecule has 1 heterocycles. The number of hydrogen-bond donors (Lipinski definition) is 2. The number of amides is 3. The van der Waals surface area contributed by atoms with Gasteiger partial charge in [0.15, 0.2) is 0 Å². The summed E-state index contributed by atoms with van der Waals surface area (Å²) in [5.41, 5.74) is 4.27. The topological polar surface area (TPSA) is 125 Å². The molecule has 2 atom stereocenters. The van der Waals surface area contributed by atoms with Crippen LogP contribution in [-0.2, 0) is 23.9 Å². The van der Waals surface area contributed by atoms with Crippen LogP contribution in [0.5, 0.6) is 0 Å². The van der Waals surface area contributed by atoms with Crippen LogP contribution in [0.3, 0.4) is 0 Å². The van der Waals surface area contributed by atoms with Gasteiger partial charge in [0.25, 0.3) is 0 Å². The fourth-order valence-electron chi connectivity index (χ4n) is 4.60. The average Bonchev–Trinajstić information content (AvgIpc) is 3.17. The van der Waals surface area contributed by atoms with E-state index in [9.17, 15) is 24.3 Å². The van der Waals surface area contributed by atoms with E-state index in [-0.39, 0.29) is 25.7 Å². The summed E-state index contributed by atoms with van der Waals surface area (Å²) in [6.07, 6.45) is -0.838. The first-order valence-electron chi connectivity index (χ1n) is 11.2. The van der Waals surface area contributed by atoms with E-state index < -0.39 is 42.5 Å². The molecule has 1 aliphatic carbocycles. The van der Waals surface area contributed by atoms with Crippen LogP contribution in [0.2, 0.25) is 0 Å². The monoisotopic (exact) mass is 481 g/mol. The van der Waals surface area contributed by atoms with E-state index >= 15 is 0 Å². The second kappa shape index (κ2) is 10.1. The molecule has 0 aromatic heterocycles. The van der Waals surface area contributed by atoms with Crippen LogP contribution in [0.25, 0.3) is 11.1 Å². The maximum absolute atomic E-state index is 13.1. The number of benzene rings is 2. The van der Waals surface area contributed by atoms with Crippen molar-refractivity contribution < 1.29 is 33.8 Å². The largest absolute Gasteiger partial charge is 0.480 e. The molecule has 1 aliphatic heterocycles. The third kappa shape index (κ3) is 4.83. The fourth-order valence-corrected chi connectivity index (χ4v) is 4.60. The summed E-state index contributed by atoms with van der Waals surface area (Å²) in [5.74, 6) is -2.52. The van der Waals surface area contributed by atoms with Crippen molar-refractivity contribution in [3.05, 3.63) is 59.7 Å². The molecule has 3 amide bonds. The Morgan fingerprint density at radius 3 is 2.26 bits per heavy atom. The second-order valence-corrected chi connectivity index (χ2v) is 8.57.